The predicted octanol–water partition coefficient (Wildman–Crippen LogP) is 7.09. The summed E-state index contributed by atoms with van der Waals surface area (Å²) in [6.45, 7) is 6.33. The van der Waals surface area contributed by atoms with E-state index in [1.54, 1.807) is 25.7 Å². The fraction of sp³-hybridized carbons (Fsp3) is 0.486. The number of aliphatic hydroxyl groups is 1. The molecule has 2 fully saturated rings. The highest BCUT2D eigenvalue weighted by atomic mass is 19.3. The maximum Gasteiger partial charge on any atom is 0.319 e. The molecule has 2 aliphatic rings. The number of fused-ring (bicyclic) bond motifs is 2. The third-order valence-corrected chi connectivity index (χ3v) is 9.78. The lowest BCUT2D eigenvalue weighted by Crippen LogP contribution is -2.51. The van der Waals surface area contributed by atoms with Crippen molar-refractivity contribution in [1.82, 2.24) is 14.9 Å². The van der Waals surface area contributed by atoms with E-state index in [1.807, 2.05) is 11.9 Å². The fourth-order valence-electron chi connectivity index (χ4n) is 7.49. The minimum atomic E-state index is -2.57. The summed E-state index contributed by atoms with van der Waals surface area (Å²) in [4.78, 5) is 12.6. The third-order valence-electron chi connectivity index (χ3n) is 9.78. The molecule has 3 atom stereocenters. The molecule has 6 rings (SSSR count). The van der Waals surface area contributed by atoms with Crippen molar-refractivity contribution in [3.05, 3.63) is 53.3 Å². The largest absolute Gasteiger partial charge is 0.508 e. The Labute approximate surface area is 270 Å². The van der Waals surface area contributed by atoms with Crippen LogP contribution in [0.4, 0.5) is 27.8 Å². The third kappa shape index (κ3) is 6.17. The Bertz CT molecular complexity index is 1840. The standard InChI is InChI=1S/C35H39F5N4O3/c1-5-21-25(36)8-7-19-13-20(45)14-22(27(19)21)28-26(37)15-23-30(29(28)38)41-33(42-32(23)44-11-6-10-35(3,46)17-44)47-18-34(2)16-43(4)12-9-24(34)31(39)40/h7-8,13-15,24,31,45-46H,5-6,9-12,16-18H2,1-4H3/t24-,34+,35-/m1/s1. The molecule has 0 spiro atoms. The zero-order valence-electron chi connectivity index (χ0n) is 26.9. The molecule has 4 aromatic rings. The van der Waals surface area contributed by atoms with Gasteiger partial charge in [-0.05, 0) is 92.4 Å². The van der Waals surface area contributed by atoms with E-state index in [9.17, 15) is 23.4 Å². The van der Waals surface area contributed by atoms with Gasteiger partial charge in [0.25, 0.3) is 0 Å². The van der Waals surface area contributed by atoms with Crippen LogP contribution in [0.2, 0.25) is 0 Å². The number of hydrogen-bond donors (Lipinski definition) is 2. The van der Waals surface area contributed by atoms with Crippen LogP contribution in [-0.4, -0.2) is 76.9 Å². The number of phenolic OH excluding ortho intramolecular Hbond substituents is 1. The topological polar surface area (TPSA) is 82.0 Å². The number of rotatable bonds is 7. The van der Waals surface area contributed by atoms with E-state index in [-0.39, 0.29) is 71.0 Å². The maximum atomic E-state index is 16.8. The number of likely N-dealkylation sites (tertiary alicyclic amines) is 1. The van der Waals surface area contributed by atoms with Crippen LogP contribution < -0.4 is 9.64 Å². The average molecular weight is 659 g/mol. The molecule has 12 heteroatoms. The van der Waals surface area contributed by atoms with Gasteiger partial charge in [-0.15, -0.1) is 0 Å². The van der Waals surface area contributed by atoms with E-state index in [2.05, 4.69) is 9.97 Å². The lowest BCUT2D eigenvalue weighted by molar-refractivity contribution is -0.0679. The number of ether oxygens (including phenoxy) is 1. The van der Waals surface area contributed by atoms with Gasteiger partial charge < -0.3 is 24.7 Å². The number of alkyl halides is 2. The van der Waals surface area contributed by atoms with Gasteiger partial charge in [-0.25, -0.2) is 22.0 Å². The Kier molecular flexibility index (Phi) is 8.71. The molecule has 0 amide bonds. The Hall–Kier alpha value is -3.77. The van der Waals surface area contributed by atoms with E-state index in [0.29, 0.717) is 37.9 Å². The van der Waals surface area contributed by atoms with Gasteiger partial charge in [0.15, 0.2) is 5.82 Å². The number of piperidine rings is 2. The van der Waals surface area contributed by atoms with E-state index in [0.717, 1.165) is 6.07 Å². The molecule has 3 aromatic carbocycles. The molecule has 1 aromatic heterocycles. The minimum absolute atomic E-state index is 0.0224. The second-order valence-electron chi connectivity index (χ2n) is 13.7. The first-order chi connectivity index (χ1) is 22.2. The van der Waals surface area contributed by atoms with Gasteiger partial charge in [0, 0.05) is 36.4 Å². The molecule has 47 heavy (non-hydrogen) atoms. The van der Waals surface area contributed by atoms with Gasteiger partial charge in [0.1, 0.15) is 28.7 Å². The molecule has 0 aliphatic carbocycles. The van der Waals surface area contributed by atoms with Gasteiger partial charge in [0.05, 0.1) is 17.8 Å². The summed E-state index contributed by atoms with van der Waals surface area (Å²) in [5.41, 5.74) is -2.69. The molecule has 0 unspecified atom stereocenters. The number of benzene rings is 3. The van der Waals surface area contributed by atoms with Gasteiger partial charge >= 0.3 is 6.01 Å². The number of anilines is 1. The zero-order chi connectivity index (χ0) is 33.8. The van der Waals surface area contributed by atoms with Crippen LogP contribution in [0.3, 0.4) is 0 Å². The molecule has 7 nitrogen and oxygen atoms in total. The molecular weight excluding hydrogens is 619 g/mol. The first-order valence-corrected chi connectivity index (χ1v) is 15.9. The smallest absolute Gasteiger partial charge is 0.319 e. The van der Waals surface area contributed by atoms with Crippen molar-refractivity contribution in [1.29, 1.82) is 0 Å². The van der Waals surface area contributed by atoms with Crippen molar-refractivity contribution < 1.29 is 36.9 Å². The first-order valence-electron chi connectivity index (χ1n) is 15.9. The average Bonchev–Trinajstić information content (AvgIpc) is 2.99. The van der Waals surface area contributed by atoms with Crippen LogP contribution in [0.1, 0.15) is 45.6 Å². The molecule has 2 N–H and O–H groups in total. The van der Waals surface area contributed by atoms with Crippen molar-refractivity contribution in [2.45, 2.75) is 58.5 Å². The summed E-state index contributed by atoms with van der Waals surface area (Å²) in [6, 6.07) is 6.10. The number of halogens is 5. The zero-order valence-corrected chi connectivity index (χ0v) is 26.9. The normalized spacial score (nSPS) is 24.1. The molecule has 2 saturated heterocycles. The SMILES string of the molecule is CCc1c(F)ccc2cc(O)cc(-c3c(F)cc4c(N5CCC[C@@](C)(O)C5)nc(OC[C@]5(C)CN(C)CC[C@@H]5C(F)F)nc4c3F)c12. The maximum absolute atomic E-state index is 16.8. The summed E-state index contributed by atoms with van der Waals surface area (Å²) in [5.74, 6) is -3.68. The minimum Gasteiger partial charge on any atom is -0.508 e. The van der Waals surface area contributed by atoms with E-state index in [1.165, 1.54) is 24.3 Å². The van der Waals surface area contributed by atoms with E-state index in [4.69, 9.17) is 4.74 Å². The fourth-order valence-corrected chi connectivity index (χ4v) is 7.49. The van der Waals surface area contributed by atoms with E-state index < -0.39 is 46.4 Å². The highest BCUT2D eigenvalue weighted by Gasteiger charge is 2.44. The number of hydrogen-bond acceptors (Lipinski definition) is 7. The molecule has 0 bridgehead atoms. The highest BCUT2D eigenvalue weighted by molar-refractivity contribution is 6.03. The van der Waals surface area contributed by atoms with Crippen molar-refractivity contribution >= 4 is 27.5 Å². The Balaban J connectivity index is 1.54. The van der Waals surface area contributed by atoms with Crippen LogP contribution in [0, 0.1) is 28.8 Å². The molecule has 2 aliphatic heterocycles. The lowest BCUT2D eigenvalue weighted by Gasteiger charge is -2.44. The van der Waals surface area contributed by atoms with Crippen molar-refractivity contribution in [3.8, 4) is 22.9 Å². The summed E-state index contributed by atoms with van der Waals surface area (Å²) >= 11 is 0. The van der Waals surface area contributed by atoms with E-state index >= 15 is 8.78 Å². The summed E-state index contributed by atoms with van der Waals surface area (Å²) in [5, 5.41) is 22.1. The summed E-state index contributed by atoms with van der Waals surface area (Å²) in [7, 11) is 1.85. The predicted molar refractivity (Wildman–Crippen MR) is 171 cm³/mol. The van der Waals surface area contributed by atoms with Gasteiger partial charge in [0.2, 0.25) is 6.43 Å². The second kappa shape index (κ2) is 12.4. The van der Waals surface area contributed by atoms with Crippen LogP contribution >= 0.6 is 0 Å². The van der Waals surface area contributed by atoms with Crippen LogP contribution in [0.5, 0.6) is 11.8 Å². The Morgan fingerprint density at radius 1 is 1.04 bits per heavy atom. The van der Waals surface area contributed by atoms with Gasteiger partial charge in [-0.3, -0.25) is 0 Å². The summed E-state index contributed by atoms with van der Waals surface area (Å²) in [6.07, 6.45) is -0.969. The quantitative estimate of drug-likeness (QED) is 0.205. The summed E-state index contributed by atoms with van der Waals surface area (Å²) < 4.78 is 82.2. The first kappa shape index (κ1) is 33.1. The molecule has 3 heterocycles. The van der Waals surface area contributed by atoms with Crippen LogP contribution in [0.15, 0.2) is 30.3 Å². The molecule has 0 radical (unpaired) electrons. The highest BCUT2D eigenvalue weighted by Crippen LogP contribution is 2.43. The number of aromatic nitrogens is 2. The van der Waals surface area contributed by atoms with Gasteiger partial charge in [-0.2, -0.15) is 9.97 Å². The Morgan fingerprint density at radius 3 is 2.51 bits per heavy atom. The van der Waals surface area contributed by atoms with Crippen LogP contribution in [-0.2, 0) is 6.42 Å². The number of phenols is 1. The number of nitrogens with zero attached hydrogens (tertiary/aromatic N) is 4. The number of aryl methyl sites for hydroxylation is 1. The monoisotopic (exact) mass is 658 g/mol. The molecular formula is C35H39F5N4O3. The van der Waals surface area contributed by atoms with Crippen LogP contribution in [0.25, 0.3) is 32.8 Å². The second-order valence-corrected chi connectivity index (χ2v) is 13.7. The number of β-amino-alcohol motifs (C(OH)–C–C–N with tert-alkyl or cyclic N) is 1. The molecule has 252 valence electrons. The van der Waals surface area contributed by atoms with Crippen molar-refractivity contribution in [2.75, 3.05) is 44.7 Å². The molecule has 0 saturated carbocycles. The lowest BCUT2D eigenvalue weighted by atomic mass is 9.73. The van der Waals surface area contributed by atoms with Crippen molar-refractivity contribution in [2.24, 2.45) is 11.3 Å². The Morgan fingerprint density at radius 2 is 1.81 bits per heavy atom. The van der Waals surface area contributed by atoms with Crippen molar-refractivity contribution in [3.63, 3.8) is 0 Å². The van der Waals surface area contributed by atoms with Gasteiger partial charge in [-0.1, -0.05) is 19.9 Å². The number of aromatic hydroxyl groups is 1.